The van der Waals surface area contributed by atoms with Crippen molar-refractivity contribution in [3.63, 3.8) is 0 Å². The van der Waals surface area contributed by atoms with Gasteiger partial charge in [0.25, 0.3) is 0 Å². The molecule has 0 saturated carbocycles. The Labute approximate surface area is 94.2 Å². The lowest BCUT2D eigenvalue weighted by molar-refractivity contribution is 0.533. The van der Waals surface area contributed by atoms with Gasteiger partial charge in [0.15, 0.2) is 0 Å². The van der Waals surface area contributed by atoms with E-state index in [4.69, 9.17) is 34.7 Å². The Hall–Kier alpha value is -0.280. The van der Waals surface area contributed by atoms with Crippen LogP contribution in [0.2, 0.25) is 10.0 Å². The first kappa shape index (κ1) is 11.8. The molecule has 0 fully saturated rings. The second-order valence-electron chi connectivity index (χ2n) is 3.23. The molecule has 0 radical (unpaired) electrons. The molecule has 1 aromatic rings. The lowest BCUT2D eigenvalue weighted by atomic mass is 9.99. The Morgan fingerprint density at radius 1 is 1.21 bits per heavy atom. The Balaban J connectivity index is 3.05. The lowest BCUT2D eigenvalue weighted by Crippen LogP contribution is -2.33. The highest BCUT2D eigenvalue weighted by Crippen LogP contribution is 2.30. The zero-order valence-electron chi connectivity index (χ0n) is 8.00. The molecule has 0 spiro atoms. The number of halogens is 2. The highest BCUT2D eigenvalue weighted by atomic mass is 35.5. The van der Waals surface area contributed by atoms with Crippen LogP contribution in [0.25, 0.3) is 0 Å². The molecule has 4 N–H and O–H groups in total. The molecule has 0 amide bonds. The fourth-order valence-corrected chi connectivity index (χ4v) is 1.95. The summed E-state index contributed by atoms with van der Waals surface area (Å²) >= 11 is 12.0. The molecular formula is C10H14Cl2N2. The predicted octanol–water partition coefficient (Wildman–Crippen LogP) is 2.73. The van der Waals surface area contributed by atoms with Crippen molar-refractivity contribution in [2.45, 2.75) is 25.4 Å². The third kappa shape index (κ3) is 2.39. The van der Waals surface area contributed by atoms with E-state index < -0.39 is 0 Å². The van der Waals surface area contributed by atoms with Gasteiger partial charge in [0.2, 0.25) is 0 Å². The van der Waals surface area contributed by atoms with Gasteiger partial charge < -0.3 is 11.5 Å². The molecule has 1 rings (SSSR count). The molecule has 78 valence electrons. The molecule has 1 aromatic carbocycles. The van der Waals surface area contributed by atoms with Gasteiger partial charge in [-0.1, -0.05) is 36.2 Å². The number of nitrogens with two attached hydrogens (primary N) is 2. The summed E-state index contributed by atoms with van der Waals surface area (Å²) in [6.45, 7) is 1.98. The largest absolute Gasteiger partial charge is 0.326 e. The van der Waals surface area contributed by atoms with Gasteiger partial charge in [-0.2, -0.15) is 0 Å². The zero-order valence-corrected chi connectivity index (χ0v) is 9.52. The Kier molecular flexibility index (Phi) is 4.20. The Bertz CT molecular complexity index is 295. The minimum Gasteiger partial charge on any atom is -0.326 e. The maximum atomic E-state index is 6.01. The Morgan fingerprint density at radius 2 is 1.71 bits per heavy atom. The molecule has 2 atom stereocenters. The second-order valence-corrected chi connectivity index (χ2v) is 4.05. The first-order valence-electron chi connectivity index (χ1n) is 4.53. The van der Waals surface area contributed by atoms with Crippen molar-refractivity contribution in [2.24, 2.45) is 11.5 Å². The van der Waals surface area contributed by atoms with Crippen molar-refractivity contribution in [1.29, 1.82) is 0 Å². The van der Waals surface area contributed by atoms with Crippen LogP contribution in [-0.4, -0.2) is 6.04 Å². The van der Waals surface area contributed by atoms with Crippen molar-refractivity contribution in [2.75, 3.05) is 0 Å². The predicted molar refractivity (Wildman–Crippen MR) is 61.7 cm³/mol. The molecular weight excluding hydrogens is 219 g/mol. The zero-order chi connectivity index (χ0) is 10.7. The highest BCUT2D eigenvalue weighted by molar-refractivity contribution is 6.36. The van der Waals surface area contributed by atoms with Crippen molar-refractivity contribution >= 4 is 23.2 Å². The van der Waals surface area contributed by atoms with Crippen LogP contribution < -0.4 is 11.5 Å². The van der Waals surface area contributed by atoms with Crippen LogP contribution in [0.15, 0.2) is 18.2 Å². The average Bonchev–Trinajstić information content (AvgIpc) is 2.16. The standard InChI is InChI=1S/C10H14Cl2N2/c1-2-8(13)10(14)9-6(11)4-3-5-7(9)12/h3-5,8,10H,2,13-14H2,1H3. The molecule has 0 heterocycles. The summed E-state index contributed by atoms with van der Waals surface area (Å²) in [5, 5.41) is 1.16. The van der Waals surface area contributed by atoms with Gasteiger partial charge in [-0.25, -0.2) is 0 Å². The van der Waals surface area contributed by atoms with E-state index in [9.17, 15) is 0 Å². The number of hydrogen-bond donors (Lipinski definition) is 2. The first-order valence-corrected chi connectivity index (χ1v) is 5.28. The van der Waals surface area contributed by atoms with Crippen LogP contribution >= 0.6 is 23.2 Å². The summed E-state index contributed by atoms with van der Waals surface area (Å²) in [7, 11) is 0. The molecule has 4 heteroatoms. The minimum atomic E-state index is -0.304. The third-order valence-electron chi connectivity index (χ3n) is 2.27. The molecule has 2 unspecified atom stereocenters. The lowest BCUT2D eigenvalue weighted by Gasteiger charge is -2.20. The molecule has 0 aliphatic carbocycles. The van der Waals surface area contributed by atoms with Crippen molar-refractivity contribution in [1.82, 2.24) is 0 Å². The minimum absolute atomic E-state index is 0.118. The van der Waals surface area contributed by atoms with E-state index in [2.05, 4.69) is 0 Å². The van der Waals surface area contributed by atoms with Gasteiger partial charge in [-0.15, -0.1) is 0 Å². The number of benzene rings is 1. The fourth-order valence-electron chi connectivity index (χ4n) is 1.30. The van der Waals surface area contributed by atoms with Crippen LogP contribution in [0.1, 0.15) is 24.9 Å². The SMILES string of the molecule is CCC(N)C(N)c1c(Cl)cccc1Cl. The van der Waals surface area contributed by atoms with E-state index in [0.29, 0.717) is 10.0 Å². The molecule has 0 aliphatic rings. The van der Waals surface area contributed by atoms with Gasteiger partial charge in [0.1, 0.15) is 0 Å². The average molecular weight is 233 g/mol. The smallest absolute Gasteiger partial charge is 0.0478 e. The monoisotopic (exact) mass is 232 g/mol. The summed E-state index contributed by atoms with van der Waals surface area (Å²) in [6.07, 6.45) is 0.794. The van der Waals surface area contributed by atoms with E-state index in [0.717, 1.165) is 12.0 Å². The van der Waals surface area contributed by atoms with Crippen molar-refractivity contribution < 1.29 is 0 Å². The van der Waals surface area contributed by atoms with E-state index in [1.807, 2.05) is 6.92 Å². The summed E-state index contributed by atoms with van der Waals surface area (Å²) in [5.74, 6) is 0. The van der Waals surface area contributed by atoms with E-state index in [1.165, 1.54) is 0 Å². The van der Waals surface area contributed by atoms with Crippen LogP contribution in [-0.2, 0) is 0 Å². The number of rotatable bonds is 3. The van der Waals surface area contributed by atoms with Gasteiger partial charge in [0.05, 0.1) is 0 Å². The molecule has 0 bridgehead atoms. The Morgan fingerprint density at radius 3 is 2.14 bits per heavy atom. The summed E-state index contributed by atoms with van der Waals surface area (Å²) in [5.41, 5.74) is 12.5. The van der Waals surface area contributed by atoms with Crippen LogP contribution in [0.5, 0.6) is 0 Å². The molecule has 2 nitrogen and oxygen atoms in total. The van der Waals surface area contributed by atoms with E-state index in [1.54, 1.807) is 18.2 Å². The highest BCUT2D eigenvalue weighted by Gasteiger charge is 2.18. The maximum absolute atomic E-state index is 6.01. The molecule has 0 saturated heterocycles. The maximum Gasteiger partial charge on any atom is 0.0478 e. The van der Waals surface area contributed by atoms with Crippen LogP contribution in [0.3, 0.4) is 0 Å². The topological polar surface area (TPSA) is 52.0 Å². The van der Waals surface area contributed by atoms with E-state index in [-0.39, 0.29) is 12.1 Å². The van der Waals surface area contributed by atoms with Crippen molar-refractivity contribution in [3.05, 3.63) is 33.8 Å². The van der Waals surface area contributed by atoms with Crippen LogP contribution in [0, 0.1) is 0 Å². The number of hydrogen-bond acceptors (Lipinski definition) is 2. The fraction of sp³-hybridized carbons (Fsp3) is 0.400. The first-order chi connectivity index (χ1) is 6.57. The van der Waals surface area contributed by atoms with E-state index >= 15 is 0 Å². The summed E-state index contributed by atoms with van der Waals surface area (Å²) in [4.78, 5) is 0. The quantitative estimate of drug-likeness (QED) is 0.843. The van der Waals surface area contributed by atoms with Gasteiger partial charge in [-0.3, -0.25) is 0 Å². The van der Waals surface area contributed by atoms with Crippen molar-refractivity contribution in [3.8, 4) is 0 Å². The summed E-state index contributed by atoms with van der Waals surface area (Å²) < 4.78 is 0. The second kappa shape index (κ2) is 4.99. The normalized spacial score (nSPS) is 15.2. The molecule has 0 aromatic heterocycles. The molecule has 0 aliphatic heterocycles. The third-order valence-corrected chi connectivity index (χ3v) is 2.92. The van der Waals surface area contributed by atoms with Crippen LogP contribution in [0.4, 0.5) is 0 Å². The van der Waals surface area contributed by atoms with Gasteiger partial charge >= 0.3 is 0 Å². The van der Waals surface area contributed by atoms with Gasteiger partial charge in [0, 0.05) is 27.7 Å². The molecule has 14 heavy (non-hydrogen) atoms. The van der Waals surface area contributed by atoms with Gasteiger partial charge in [-0.05, 0) is 18.6 Å². The summed E-state index contributed by atoms with van der Waals surface area (Å²) in [6, 6.07) is 4.91.